The minimum absolute atomic E-state index is 0.344. The summed E-state index contributed by atoms with van der Waals surface area (Å²) >= 11 is 0. The second-order valence-corrected chi connectivity index (χ2v) is 4.73. The maximum absolute atomic E-state index is 11.8. The highest BCUT2D eigenvalue weighted by molar-refractivity contribution is 5.72. The summed E-state index contributed by atoms with van der Waals surface area (Å²) in [7, 11) is 0. The van der Waals surface area contributed by atoms with E-state index < -0.39 is 5.60 Å². The molecular weight excluding hydrogens is 206 g/mol. The van der Waals surface area contributed by atoms with Gasteiger partial charge in [0.25, 0.3) is 0 Å². The number of hydrogen-bond acceptors (Lipinski definition) is 3. The van der Waals surface area contributed by atoms with Gasteiger partial charge in [0.15, 0.2) is 0 Å². The fraction of sp³-hybridized carbons (Fsp3) is 0.455. The van der Waals surface area contributed by atoms with Crippen molar-refractivity contribution in [2.75, 3.05) is 0 Å². The molecule has 0 aliphatic carbocycles. The van der Waals surface area contributed by atoms with Crippen LogP contribution in [0.5, 0.6) is 0 Å². The summed E-state index contributed by atoms with van der Waals surface area (Å²) in [6.07, 6.45) is 4.94. The first kappa shape index (κ1) is 10.7. The number of hydrogen-bond donors (Lipinski definition) is 1. The fourth-order valence-corrected chi connectivity index (χ4v) is 1.43. The van der Waals surface area contributed by atoms with E-state index in [-0.39, 0.29) is 6.09 Å². The maximum atomic E-state index is 11.8. The van der Waals surface area contributed by atoms with E-state index >= 15 is 0 Å². The van der Waals surface area contributed by atoms with Crippen LogP contribution in [0.1, 0.15) is 32.0 Å². The van der Waals surface area contributed by atoms with Crippen LogP contribution in [0.15, 0.2) is 12.4 Å². The van der Waals surface area contributed by atoms with Gasteiger partial charge in [-0.15, -0.1) is 0 Å². The minimum atomic E-state index is -0.473. The molecule has 0 unspecified atom stereocenters. The van der Waals surface area contributed by atoms with E-state index in [1.807, 2.05) is 26.8 Å². The number of nitrogens with zero attached hydrogens (tertiary/aromatic N) is 2. The van der Waals surface area contributed by atoms with Gasteiger partial charge < -0.3 is 4.74 Å². The Morgan fingerprint density at radius 2 is 2.31 bits per heavy atom. The molecule has 5 nitrogen and oxygen atoms in total. The van der Waals surface area contributed by atoms with Crippen molar-refractivity contribution in [2.24, 2.45) is 0 Å². The molecule has 1 N–H and O–H groups in total. The Balaban J connectivity index is 2.06. The highest BCUT2D eigenvalue weighted by atomic mass is 16.6. The number of ether oxygens (including phenoxy) is 1. The largest absolute Gasteiger partial charge is 0.443 e. The summed E-state index contributed by atoms with van der Waals surface area (Å²) in [6.45, 7) is 6.02. The zero-order chi connectivity index (χ0) is 11.8. The SMILES string of the molecule is CC(C)(C)OC(=O)N1C=Cc2cn[nH]c2C1. The number of rotatable bonds is 0. The molecule has 1 aromatic rings. The van der Waals surface area contributed by atoms with Crippen molar-refractivity contribution in [1.82, 2.24) is 15.1 Å². The van der Waals surface area contributed by atoms with Crippen molar-refractivity contribution in [1.29, 1.82) is 0 Å². The van der Waals surface area contributed by atoms with Crippen LogP contribution in [-0.2, 0) is 11.3 Å². The monoisotopic (exact) mass is 221 g/mol. The molecule has 16 heavy (non-hydrogen) atoms. The van der Waals surface area contributed by atoms with Crippen LogP contribution < -0.4 is 0 Å². The Bertz CT molecular complexity index is 429. The van der Waals surface area contributed by atoms with E-state index in [9.17, 15) is 4.79 Å². The molecule has 1 aliphatic rings. The van der Waals surface area contributed by atoms with Gasteiger partial charge in [0, 0.05) is 11.8 Å². The zero-order valence-corrected chi connectivity index (χ0v) is 9.65. The van der Waals surface area contributed by atoms with E-state index in [4.69, 9.17) is 4.74 Å². The number of H-pyrrole nitrogens is 1. The summed E-state index contributed by atoms with van der Waals surface area (Å²) in [4.78, 5) is 13.3. The molecule has 1 amide bonds. The van der Waals surface area contributed by atoms with Crippen molar-refractivity contribution in [2.45, 2.75) is 32.9 Å². The third-order valence-electron chi connectivity index (χ3n) is 2.14. The Morgan fingerprint density at radius 3 is 3.00 bits per heavy atom. The highest BCUT2D eigenvalue weighted by Gasteiger charge is 2.23. The normalized spacial score (nSPS) is 14.8. The molecule has 0 bridgehead atoms. The van der Waals surface area contributed by atoms with Crippen LogP contribution in [0.3, 0.4) is 0 Å². The molecule has 0 spiro atoms. The molecule has 2 rings (SSSR count). The van der Waals surface area contributed by atoms with Gasteiger partial charge in [-0.05, 0) is 26.8 Å². The molecular formula is C11H15N3O2. The highest BCUT2D eigenvalue weighted by Crippen LogP contribution is 2.19. The summed E-state index contributed by atoms with van der Waals surface area (Å²) in [5, 5.41) is 6.77. The summed E-state index contributed by atoms with van der Waals surface area (Å²) in [5.41, 5.74) is 1.47. The molecule has 1 aliphatic heterocycles. The standard InChI is InChI=1S/C11H15N3O2/c1-11(2,3)16-10(15)14-5-4-8-6-12-13-9(8)7-14/h4-6H,7H2,1-3H3,(H,12,13). The molecule has 5 heteroatoms. The topological polar surface area (TPSA) is 58.2 Å². The lowest BCUT2D eigenvalue weighted by Gasteiger charge is -2.26. The van der Waals surface area contributed by atoms with E-state index in [1.165, 1.54) is 4.90 Å². The average molecular weight is 221 g/mol. The van der Waals surface area contributed by atoms with Gasteiger partial charge in [0.1, 0.15) is 5.60 Å². The van der Waals surface area contributed by atoms with Crippen LogP contribution in [-0.4, -0.2) is 26.8 Å². The predicted molar refractivity (Wildman–Crippen MR) is 59.4 cm³/mol. The number of aromatic amines is 1. The molecule has 0 fully saturated rings. The number of nitrogens with one attached hydrogen (secondary N) is 1. The first-order valence-electron chi connectivity index (χ1n) is 5.16. The number of aromatic nitrogens is 2. The predicted octanol–water partition coefficient (Wildman–Crippen LogP) is 2.13. The van der Waals surface area contributed by atoms with E-state index in [0.717, 1.165) is 11.3 Å². The number of amides is 1. The summed E-state index contributed by atoms with van der Waals surface area (Å²) < 4.78 is 5.27. The number of carbonyl (C=O) groups excluding carboxylic acids is 1. The second-order valence-electron chi connectivity index (χ2n) is 4.73. The Morgan fingerprint density at radius 1 is 1.56 bits per heavy atom. The molecule has 0 saturated heterocycles. The first-order chi connectivity index (χ1) is 7.46. The molecule has 0 saturated carbocycles. The Hall–Kier alpha value is -1.78. The third kappa shape index (κ3) is 2.24. The van der Waals surface area contributed by atoms with Crippen molar-refractivity contribution in [3.05, 3.63) is 23.7 Å². The van der Waals surface area contributed by atoms with Gasteiger partial charge >= 0.3 is 6.09 Å². The van der Waals surface area contributed by atoms with Gasteiger partial charge in [0.2, 0.25) is 0 Å². The minimum Gasteiger partial charge on any atom is -0.443 e. The van der Waals surface area contributed by atoms with Gasteiger partial charge in [-0.2, -0.15) is 5.10 Å². The zero-order valence-electron chi connectivity index (χ0n) is 9.65. The van der Waals surface area contributed by atoms with Crippen molar-refractivity contribution < 1.29 is 9.53 Å². The van der Waals surface area contributed by atoms with Gasteiger partial charge in [-0.3, -0.25) is 10.00 Å². The smallest absolute Gasteiger partial charge is 0.414 e. The van der Waals surface area contributed by atoms with E-state index in [0.29, 0.717) is 6.54 Å². The Kier molecular flexibility index (Phi) is 2.46. The van der Waals surface area contributed by atoms with Gasteiger partial charge in [-0.25, -0.2) is 4.79 Å². The van der Waals surface area contributed by atoms with E-state index in [1.54, 1.807) is 12.4 Å². The van der Waals surface area contributed by atoms with Crippen LogP contribution in [0.4, 0.5) is 4.79 Å². The summed E-state index contributed by atoms with van der Waals surface area (Å²) in [6, 6.07) is 0. The van der Waals surface area contributed by atoms with Crippen LogP contribution >= 0.6 is 0 Å². The molecule has 0 aromatic carbocycles. The van der Waals surface area contributed by atoms with Crippen LogP contribution in [0, 0.1) is 0 Å². The van der Waals surface area contributed by atoms with Crippen molar-refractivity contribution >= 4 is 12.2 Å². The van der Waals surface area contributed by atoms with Gasteiger partial charge in [0.05, 0.1) is 18.4 Å². The lowest BCUT2D eigenvalue weighted by Crippen LogP contribution is -2.34. The molecule has 1 aromatic heterocycles. The van der Waals surface area contributed by atoms with Crippen LogP contribution in [0.25, 0.3) is 6.08 Å². The molecule has 0 atom stereocenters. The molecule has 2 heterocycles. The summed E-state index contributed by atoms with van der Waals surface area (Å²) in [5.74, 6) is 0. The second kappa shape index (κ2) is 3.66. The third-order valence-corrected chi connectivity index (χ3v) is 2.14. The van der Waals surface area contributed by atoms with E-state index in [2.05, 4.69) is 10.2 Å². The van der Waals surface area contributed by atoms with Gasteiger partial charge in [-0.1, -0.05) is 0 Å². The lowest BCUT2D eigenvalue weighted by atomic mass is 10.2. The maximum Gasteiger partial charge on any atom is 0.414 e. The first-order valence-corrected chi connectivity index (χ1v) is 5.16. The number of fused-ring (bicyclic) bond motifs is 1. The molecule has 0 radical (unpaired) electrons. The quantitative estimate of drug-likeness (QED) is 0.730. The van der Waals surface area contributed by atoms with Crippen molar-refractivity contribution in [3.8, 4) is 0 Å². The molecule has 86 valence electrons. The van der Waals surface area contributed by atoms with Crippen LogP contribution in [0.2, 0.25) is 0 Å². The average Bonchev–Trinajstić information content (AvgIpc) is 2.61. The lowest BCUT2D eigenvalue weighted by molar-refractivity contribution is 0.0320. The Labute approximate surface area is 94.1 Å². The fourth-order valence-electron chi connectivity index (χ4n) is 1.43. The number of carbonyl (C=O) groups is 1. The van der Waals surface area contributed by atoms with Crippen molar-refractivity contribution in [3.63, 3.8) is 0 Å².